The van der Waals surface area contributed by atoms with Gasteiger partial charge in [-0.2, -0.15) is 0 Å². The fourth-order valence-electron chi connectivity index (χ4n) is 2.67. The van der Waals surface area contributed by atoms with E-state index in [9.17, 15) is 9.59 Å². The highest BCUT2D eigenvalue weighted by atomic mass is 16.2. The van der Waals surface area contributed by atoms with E-state index < -0.39 is 0 Å². The third-order valence-electron chi connectivity index (χ3n) is 3.37. The molecular formula is C10H15NO2. The van der Waals surface area contributed by atoms with Crippen LogP contribution in [-0.2, 0) is 9.59 Å². The van der Waals surface area contributed by atoms with E-state index in [1.807, 2.05) is 6.92 Å². The van der Waals surface area contributed by atoms with Crippen molar-refractivity contribution in [2.45, 2.75) is 45.2 Å². The van der Waals surface area contributed by atoms with Crippen molar-refractivity contribution in [1.29, 1.82) is 0 Å². The van der Waals surface area contributed by atoms with E-state index >= 15 is 0 Å². The van der Waals surface area contributed by atoms with E-state index in [0.29, 0.717) is 6.04 Å². The van der Waals surface area contributed by atoms with Crippen LogP contribution in [0.2, 0.25) is 0 Å². The lowest BCUT2D eigenvalue weighted by atomic mass is 9.86. The highest BCUT2D eigenvalue weighted by Crippen LogP contribution is 2.41. The molecule has 1 amide bonds. The normalized spacial score (nSPS) is 37.2. The van der Waals surface area contributed by atoms with Crippen LogP contribution < -0.4 is 0 Å². The second-order valence-corrected chi connectivity index (χ2v) is 4.03. The van der Waals surface area contributed by atoms with Crippen LogP contribution in [0.4, 0.5) is 0 Å². The molecule has 3 unspecified atom stereocenters. The van der Waals surface area contributed by atoms with Crippen molar-refractivity contribution < 1.29 is 9.59 Å². The lowest BCUT2D eigenvalue weighted by molar-refractivity contribution is -0.158. The zero-order valence-electron chi connectivity index (χ0n) is 8.12. The zero-order valence-corrected chi connectivity index (χ0v) is 8.12. The number of fused-ring (bicyclic) bond motifs is 1. The summed E-state index contributed by atoms with van der Waals surface area (Å²) in [5.74, 6) is 0.556. The Hall–Kier alpha value is -0.860. The van der Waals surface area contributed by atoms with Gasteiger partial charge >= 0.3 is 0 Å². The van der Waals surface area contributed by atoms with Gasteiger partial charge in [0.05, 0.1) is 12.0 Å². The van der Waals surface area contributed by atoms with E-state index in [1.54, 1.807) is 11.8 Å². The van der Waals surface area contributed by atoms with Crippen molar-refractivity contribution >= 4 is 11.7 Å². The number of carbonyl (C=O) groups is 2. The van der Waals surface area contributed by atoms with Crippen molar-refractivity contribution in [3.63, 3.8) is 0 Å². The van der Waals surface area contributed by atoms with Crippen LogP contribution in [0.3, 0.4) is 0 Å². The largest absolute Gasteiger partial charge is 0.329 e. The average molecular weight is 181 g/mol. The highest BCUT2D eigenvalue weighted by Gasteiger charge is 2.53. The Morgan fingerprint density at radius 3 is 2.77 bits per heavy atom. The summed E-state index contributed by atoms with van der Waals surface area (Å²) in [5.41, 5.74) is 0. The summed E-state index contributed by atoms with van der Waals surface area (Å²) in [6.07, 6.45) is 2.82. The van der Waals surface area contributed by atoms with E-state index in [1.165, 1.54) is 0 Å². The van der Waals surface area contributed by atoms with Gasteiger partial charge in [0.25, 0.3) is 0 Å². The topological polar surface area (TPSA) is 37.4 Å². The third kappa shape index (κ3) is 1.02. The molecule has 3 atom stereocenters. The number of amides is 1. The van der Waals surface area contributed by atoms with Crippen LogP contribution in [0.5, 0.6) is 0 Å². The van der Waals surface area contributed by atoms with Gasteiger partial charge < -0.3 is 4.90 Å². The van der Waals surface area contributed by atoms with Crippen LogP contribution in [0.25, 0.3) is 0 Å². The molecule has 0 radical (unpaired) electrons. The Morgan fingerprint density at radius 2 is 2.23 bits per heavy atom. The Kier molecular flexibility index (Phi) is 1.90. The molecule has 0 aromatic heterocycles. The molecule has 0 saturated carbocycles. The first-order chi connectivity index (χ1) is 6.16. The summed E-state index contributed by atoms with van der Waals surface area (Å²) in [7, 11) is 0. The first-order valence-corrected chi connectivity index (χ1v) is 4.99. The molecule has 0 aromatic rings. The van der Waals surface area contributed by atoms with Gasteiger partial charge in [0, 0.05) is 6.04 Å². The highest BCUT2D eigenvalue weighted by molar-refractivity contribution is 5.93. The maximum Gasteiger partial charge on any atom is 0.228 e. The summed E-state index contributed by atoms with van der Waals surface area (Å²) >= 11 is 0. The van der Waals surface area contributed by atoms with Crippen molar-refractivity contribution in [3.05, 3.63) is 0 Å². The lowest BCUT2D eigenvalue weighted by Gasteiger charge is -2.44. The quantitative estimate of drug-likeness (QED) is 0.595. The summed E-state index contributed by atoms with van der Waals surface area (Å²) in [5, 5.41) is 0. The minimum Gasteiger partial charge on any atom is -0.329 e. The molecule has 2 saturated heterocycles. The Balaban J connectivity index is 2.12. The lowest BCUT2D eigenvalue weighted by Crippen LogP contribution is -2.61. The monoisotopic (exact) mass is 181 g/mol. The van der Waals surface area contributed by atoms with Gasteiger partial charge in [-0.05, 0) is 26.2 Å². The minimum atomic E-state index is -0.0969. The molecule has 13 heavy (non-hydrogen) atoms. The molecule has 2 rings (SSSR count). The van der Waals surface area contributed by atoms with Gasteiger partial charge in [-0.1, -0.05) is 6.92 Å². The van der Waals surface area contributed by atoms with Gasteiger partial charge in [0.15, 0.2) is 5.78 Å². The van der Waals surface area contributed by atoms with Crippen molar-refractivity contribution in [2.75, 3.05) is 0 Å². The average Bonchev–Trinajstić information content (AvgIpc) is 2.45. The molecule has 0 bridgehead atoms. The molecule has 0 spiro atoms. The number of hydrogen-bond acceptors (Lipinski definition) is 2. The molecule has 3 heteroatoms. The molecule has 2 heterocycles. The fraction of sp³-hybridized carbons (Fsp3) is 0.800. The molecule has 0 N–H and O–H groups in total. The summed E-state index contributed by atoms with van der Waals surface area (Å²) in [6.45, 7) is 3.63. The van der Waals surface area contributed by atoms with Crippen LogP contribution >= 0.6 is 0 Å². The summed E-state index contributed by atoms with van der Waals surface area (Å²) in [6, 6.07) is 0.284. The smallest absolute Gasteiger partial charge is 0.228 e. The predicted molar refractivity (Wildman–Crippen MR) is 48.1 cm³/mol. The van der Waals surface area contributed by atoms with Crippen molar-refractivity contribution in [3.8, 4) is 0 Å². The van der Waals surface area contributed by atoms with E-state index in [4.69, 9.17) is 0 Å². The Bertz CT molecular complexity index is 262. The number of nitrogens with zero attached hydrogens (tertiary/aromatic N) is 1. The van der Waals surface area contributed by atoms with Crippen LogP contribution in [0.1, 0.15) is 33.1 Å². The maximum absolute atomic E-state index is 11.6. The van der Waals surface area contributed by atoms with E-state index in [2.05, 4.69) is 0 Å². The third-order valence-corrected chi connectivity index (χ3v) is 3.37. The number of hydrogen-bond donors (Lipinski definition) is 0. The second-order valence-electron chi connectivity index (χ2n) is 4.03. The standard InChI is InChI=1S/C10H15NO2/c1-3-7-9-5-4-8(6(2)12)11(9)10(7)13/h7-9H,3-5H2,1-2H3. The first-order valence-electron chi connectivity index (χ1n) is 4.99. The van der Waals surface area contributed by atoms with Crippen LogP contribution in [0, 0.1) is 5.92 Å². The van der Waals surface area contributed by atoms with Gasteiger partial charge in [-0.3, -0.25) is 9.59 Å². The SMILES string of the molecule is CCC1C(=O)N2C(C(C)=O)CCC12. The summed E-state index contributed by atoms with van der Waals surface area (Å²) < 4.78 is 0. The van der Waals surface area contributed by atoms with E-state index in [0.717, 1.165) is 19.3 Å². The van der Waals surface area contributed by atoms with Gasteiger partial charge in [-0.15, -0.1) is 0 Å². The Labute approximate surface area is 78.1 Å². The number of ketones is 1. The molecule has 72 valence electrons. The van der Waals surface area contributed by atoms with E-state index in [-0.39, 0.29) is 23.7 Å². The Morgan fingerprint density at radius 1 is 1.54 bits per heavy atom. The van der Waals surface area contributed by atoms with Crippen molar-refractivity contribution in [1.82, 2.24) is 4.90 Å². The van der Waals surface area contributed by atoms with Crippen molar-refractivity contribution in [2.24, 2.45) is 5.92 Å². The molecule has 0 aromatic carbocycles. The van der Waals surface area contributed by atoms with Crippen LogP contribution in [0.15, 0.2) is 0 Å². The molecular weight excluding hydrogens is 166 g/mol. The predicted octanol–water partition coefficient (Wildman–Crippen LogP) is 0.975. The van der Waals surface area contributed by atoms with Gasteiger partial charge in [0.1, 0.15) is 0 Å². The fourth-order valence-corrected chi connectivity index (χ4v) is 2.67. The van der Waals surface area contributed by atoms with Crippen LogP contribution in [-0.4, -0.2) is 28.7 Å². The number of carbonyl (C=O) groups excluding carboxylic acids is 2. The second kappa shape index (κ2) is 2.82. The molecule has 3 nitrogen and oxygen atoms in total. The number of Topliss-reactive ketones (excluding diaryl/α,β-unsaturated/α-hetero) is 1. The number of rotatable bonds is 2. The minimum absolute atomic E-state index is 0.0969. The maximum atomic E-state index is 11.6. The molecule has 2 fully saturated rings. The number of β-lactam (4-membered cyclic amide) rings is 1. The first kappa shape index (κ1) is 8.73. The van der Waals surface area contributed by atoms with Gasteiger partial charge in [0.2, 0.25) is 5.91 Å². The molecule has 2 aliphatic rings. The summed E-state index contributed by atoms with van der Waals surface area (Å²) in [4.78, 5) is 24.5. The molecule has 0 aliphatic carbocycles. The molecule has 2 aliphatic heterocycles. The zero-order chi connectivity index (χ0) is 9.59. The van der Waals surface area contributed by atoms with Gasteiger partial charge in [-0.25, -0.2) is 0 Å².